The fourth-order valence-electron chi connectivity index (χ4n) is 1.82. The van der Waals surface area contributed by atoms with Crippen molar-refractivity contribution in [2.45, 2.75) is 48.4 Å². The number of benzene rings is 1. The molecule has 0 aromatic heterocycles. The summed E-state index contributed by atoms with van der Waals surface area (Å²) in [6.45, 7) is 4.54. The van der Waals surface area contributed by atoms with Gasteiger partial charge in [-0.1, -0.05) is 0 Å². The van der Waals surface area contributed by atoms with Crippen molar-refractivity contribution in [2.24, 2.45) is 0 Å². The van der Waals surface area contributed by atoms with Crippen LogP contribution in [-0.2, 0) is 0 Å². The average Bonchev–Trinajstić information content (AvgIpc) is 2.34. The molecule has 0 atom stereocenters. The van der Waals surface area contributed by atoms with Crippen molar-refractivity contribution in [3.8, 4) is 5.75 Å². The summed E-state index contributed by atoms with van der Waals surface area (Å²) in [7, 11) is 0. The standard InChI is InChI=1S/C6H6O.2C4H9.Sn.H/c7-6-4-2-1-3-5-6;2*1-3-4-2;;/h1-5,7H;2*1,3-4H2,2H3;;/q;;;+1;/p-1. The predicted molar refractivity (Wildman–Crippen MR) is 73.6 cm³/mol. The van der Waals surface area contributed by atoms with Crippen LogP contribution in [0.15, 0.2) is 30.3 Å². The predicted octanol–water partition coefficient (Wildman–Crippen LogP) is 4.39. The molecule has 0 heterocycles. The Morgan fingerprint density at radius 3 is 2.00 bits per heavy atom. The minimum absolute atomic E-state index is 1.11. The van der Waals surface area contributed by atoms with Crippen molar-refractivity contribution in [3.05, 3.63) is 30.3 Å². The number of rotatable bonds is 8. The zero-order valence-corrected chi connectivity index (χ0v) is 13.9. The van der Waals surface area contributed by atoms with Crippen LogP contribution in [0, 0.1) is 0 Å². The second-order valence-corrected chi connectivity index (χ2v) is 11.9. The van der Waals surface area contributed by atoms with Crippen molar-refractivity contribution in [3.63, 3.8) is 0 Å². The van der Waals surface area contributed by atoms with Gasteiger partial charge in [0.05, 0.1) is 0 Å². The van der Waals surface area contributed by atoms with Crippen LogP contribution in [0.3, 0.4) is 0 Å². The molecule has 0 saturated carbocycles. The maximum atomic E-state index is 6.23. The van der Waals surface area contributed by atoms with Crippen LogP contribution in [0.2, 0.25) is 8.87 Å². The minimum atomic E-state index is -1.71. The van der Waals surface area contributed by atoms with E-state index in [-0.39, 0.29) is 0 Å². The molecule has 16 heavy (non-hydrogen) atoms. The molecule has 2 heteroatoms. The molecular weight excluding hydrogens is 303 g/mol. The molecule has 0 aliphatic carbocycles. The molecule has 0 spiro atoms. The Kier molecular flexibility index (Phi) is 7.73. The third kappa shape index (κ3) is 5.78. The van der Waals surface area contributed by atoms with E-state index >= 15 is 0 Å². The second-order valence-electron chi connectivity index (χ2n) is 4.34. The van der Waals surface area contributed by atoms with Crippen LogP contribution in [0.1, 0.15) is 39.5 Å². The van der Waals surface area contributed by atoms with Gasteiger partial charge in [0, 0.05) is 0 Å². The third-order valence-electron chi connectivity index (χ3n) is 2.81. The second kappa shape index (κ2) is 8.91. The Balaban J connectivity index is 2.42. The molecule has 90 valence electrons. The van der Waals surface area contributed by atoms with Crippen LogP contribution in [0.5, 0.6) is 5.75 Å². The number of unbranched alkanes of at least 4 members (excludes halogenated alkanes) is 2. The van der Waals surface area contributed by atoms with E-state index in [9.17, 15) is 0 Å². The average molecular weight is 327 g/mol. The summed E-state index contributed by atoms with van der Waals surface area (Å²) in [5.41, 5.74) is 0. The summed E-state index contributed by atoms with van der Waals surface area (Å²) in [6.07, 6.45) is 5.32. The molecule has 1 aromatic rings. The Hall–Kier alpha value is -0.181. The molecule has 1 aromatic carbocycles. The van der Waals surface area contributed by atoms with Gasteiger partial charge >= 0.3 is 108 Å². The molecule has 0 N–H and O–H groups in total. The van der Waals surface area contributed by atoms with Crippen molar-refractivity contribution in [2.75, 3.05) is 0 Å². The zero-order chi connectivity index (χ0) is 11.6. The Labute approximate surface area is 107 Å². The molecule has 0 amide bonds. The zero-order valence-electron chi connectivity index (χ0n) is 10.6. The molecule has 1 rings (SSSR count). The number of hydrogen-bond acceptors (Lipinski definition) is 1. The number of hydrogen-bond donors (Lipinski definition) is 0. The van der Waals surface area contributed by atoms with Crippen molar-refractivity contribution in [1.82, 2.24) is 0 Å². The summed E-state index contributed by atoms with van der Waals surface area (Å²) in [5.74, 6) is 1.11. The summed E-state index contributed by atoms with van der Waals surface area (Å²) >= 11 is -1.71. The molecule has 0 aliphatic heterocycles. The SMILES string of the molecule is CCC[CH2][SnH]([CH2]CCC)[O]c1ccccc1. The van der Waals surface area contributed by atoms with Gasteiger partial charge in [-0.2, -0.15) is 0 Å². The van der Waals surface area contributed by atoms with Crippen molar-refractivity contribution in [1.29, 1.82) is 0 Å². The fraction of sp³-hybridized carbons (Fsp3) is 0.571. The van der Waals surface area contributed by atoms with E-state index < -0.39 is 20.2 Å². The van der Waals surface area contributed by atoms with Gasteiger partial charge in [0.2, 0.25) is 0 Å². The summed E-state index contributed by atoms with van der Waals surface area (Å²) in [4.78, 5) is 0. The van der Waals surface area contributed by atoms with E-state index in [2.05, 4.69) is 44.2 Å². The van der Waals surface area contributed by atoms with Crippen molar-refractivity contribution < 1.29 is 3.07 Å². The molecule has 0 aliphatic rings. The van der Waals surface area contributed by atoms with Gasteiger partial charge in [0.15, 0.2) is 0 Å². The van der Waals surface area contributed by atoms with Gasteiger partial charge in [0.1, 0.15) is 0 Å². The molecule has 0 bridgehead atoms. The van der Waals surface area contributed by atoms with Gasteiger partial charge in [-0.05, 0) is 0 Å². The Morgan fingerprint density at radius 2 is 1.50 bits per heavy atom. The van der Waals surface area contributed by atoms with E-state index in [0.29, 0.717) is 0 Å². The Morgan fingerprint density at radius 1 is 0.938 bits per heavy atom. The van der Waals surface area contributed by atoms with Crippen LogP contribution >= 0.6 is 0 Å². The maximum absolute atomic E-state index is 6.23. The molecule has 1 nitrogen and oxygen atoms in total. The first-order valence-corrected chi connectivity index (χ1v) is 12.6. The third-order valence-corrected chi connectivity index (χ3v) is 10.5. The van der Waals surface area contributed by atoms with E-state index in [1.807, 2.05) is 0 Å². The quantitative estimate of drug-likeness (QED) is 0.644. The van der Waals surface area contributed by atoms with E-state index in [1.54, 1.807) is 0 Å². The molecule has 0 unspecified atom stereocenters. The van der Waals surface area contributed by atoms with Gasteiger partial charge in [-0.15, -0.1) is 0 Å². The van der Waals surface area contributed by atoms with Crippen LogP contribution in [0.25, 0.3) is 0 Å². The van der Waals surface area contributed by atoms with E-state index in [4.69, 9.17) is 3.07 Å². The summed E-state index contributed by atoms with van der Waals surface area (Å²) in [5, 5.41) is 0. The van der Waals surface area contributed by atoms with Crippen LogP contribution in [-0.4, -0.2) is 20.2 Å². The molecule has 0 saturated heterocycles. The molecule has 0 fully saturated rings. The first-order valence-electron chi connectivity index (χ1n) is 6.58. The summed E-state index contributed by atoms with van der Waals surface area (Å²) < 4.78 is 9.02. The van der Waals surface area contributed by atoms with E-state index in [0.717, 1.165) is 5.75 Å². The summed E-state index contributed by atoms with van der Waals surface area (Å²) in [6, 6.07) is 10.4. The van der Waals surface area contributed by atoms with E-state index in [1.165, 1.54) is 34.6 Å². The van der Waals surface area contributed by atoms with Crippen LogP contribution in [0.4, 0.5) is 0 Å². The Bertz CT molecular complexity index is 253. The van der Waals surface area contributed by atoms with Crippen LogP contribution < -0.4 is 3.07 Å². The van der Waals surface area contributed by atoms with Gasteiger partial charge in [0.25, 0.3) is 0 Å². The normalized spacial score (nSPS) is 10.7. The van der Waals surface area contributed by atoms with Gasteiger partial charge in [-0.3, -0.25) is 0 Å². The first-order chi connectivity index (χ1) is 7.86. The molecule has 0 radical (unpaired) electrons. The van der Waals surface area contributed by atoms with Gasteiger partial charge in [-0.25, -0.2) is 0 Å². The monoisotopic (exact) mass is 328 g/mol. The molecular formula is C14H24OSn. The van der Waals surface area contributed by atoms with Gasteiger partial charge < -0.3 is 0 Å². The fourth-order valence-corrected chi connectivity index (χ4v) is 9.79. The number of para-hydroxylation sites is 1. The van der Waals surface area contributed by atoms with Crippen molar-refractivity contribution >= 4 is 20.2 Å². The topological polar surface area (TPSA) is 9.23 Å². The first kappa shape index (κ1) is 13.9.